The Morgan fingerprint density at radius 3 is 2.47 bits per heavy atom. The highest BCUT2D eigenvalue weighted by Gasteiger charge is 2.33. The quantitative estimate of drug-likeness (QED) is 0.817. The molecule has 2 rings (SSSR count). The third kappa shape index (κ3) is 3.69. The number of piperidine rings is 1. The van der Waals surface area contributed by atoms with Crippen molar-refractivity contribution in [1.29, 1.82) is 0 Å². The number of amides is 1. The zero-order valence-corrected chi connectivity index (χ0v) is 12.6. The summed E-state index contributed by atoms with van der Waals surface area (Å²) in [6.07, 6.45) is 2.96. The van der Waals surface area contributed by atoms with Gasteiger partial charge in [0, 0.05) is 25.0 Å². The number of hydrogen-bond donors (Lipinski definition) is 1. The van der Waals surface area contributed by atoms with E-state index in [0.29, 0.717) is 12.8 Å². The number of hydrogen-bond acceptors (Lipinski definition) is 4. The van der Waals surface area contributed by atoms with Crippen molar-refractivity contribution < 1.29 is 13.2 Å². The van der Waals surface area contributed by atoms with Crippen LogP contribution in [0, 0.1) is 5.92 Å². The van der Waals surface area contributed by atoms with E-state index in [1.165, 1.54) is 0 Å². The maximum Gasteiger partial charge on any atom is 0.222 e. The highest BCUT2D eigenvalue weighted by molar-refractivity contribution is 7.91. The molecule has 0 aromatic heterocycles. The van der Waals surface area contributed by atoms with Gasteiger partial charge in [-0.2, -0.15) is 0 Å². The first-order chi connectivity index (χ1) is 8.84. The fourth-order valence-corrected chi connectivity index (χ4v) is 4.77. The summed E-state index contributed by atoms with van der Waals surface area (Å²) in [5, 5.41) is 3.31. The molecule has 2 aliphatic rings. The number of likely N-dealkylation sites (tertiary alicyclic amines) is 1. The summed E-state index contributed by atoms with van der Waals surface area (Å²) in [5.74, 6) is 0.610. The van der Waals surface area contributed by atoms with Crippen LogP contribution in [0.4, 0.5) is 0 Å². The molecule has 0 aliphatic carbocycles. The summed E-state index contributed by atoms with van der Waals surface area (Å²) in [6.45, 7) is 3.73. The predicted molar refractivity (Wildman–Crippen MR) is 74.7 cm³/mol. The van der Waals surface area contributed by atoms with Crippen molar-refractivity contribution in [3.8, 4) is 0 Å². The number of rotatable bonds is 3. The molecule has 2 fully saturated rings. The van der Waals surface area contributed by atoms with Crippen molar-refractivity contribution in [1.82, 2.24) is 10.2 Å². The van der Waals surface area contributed by atoms with Gasteiger partial charge >= 0.3 is 0 Å². The van der Waals surface area contributed by atoms with E-state index >= 15 is 0 Å². The number of sulfone groups is 1. The maximum atomic E-state index is 12.2. The van der Waals surface area contributed by atoms with Gasteiger partial charge in [-0.1, -0.05) is 0 Å². The van der Waals surface area contributed by atoms with Crippen LogP contribution >= 0.6 is 0 Å². The van der Waals surface area contributed by atoms with Gasteiger partial charge in [0.05, 0.1) is 11.5 Å². The van der Waals surface area contributed by atoms with Gasteiger partial charge in [-0.25, -0.2) is 8.42 Å². The minimum atomic E-state index is -2.88. The average molecular weight is 288 g/mol. The Labute approximate surface area is 115 Å². The molecule has 0 aromatic rings. The van der Waals surface area contributed by atoms with Crippen LogP contribution in [0.3, 0.4) is 0 Å². The van der Waals surface area contributed by atoms with Crippen molar-refractivity contribution in [3.63, 3.8) is 0 Å². The molecule has 1 amide bonds. The number of carbonyl (C=O) groups excluding carboxylic acids is 1. The Hall–Kier alpha value is -0.620. The van der Waals surface area contributed by atoms with Gasteiger partial charge < -0.3 is 10.2 Å². The lowest BCUT2D eigenvalue weighted by Gasteiger charge is -2.39. The van der Waals surface area contributed by atoms with Crippen LogP contribution in [0.2, 0.25) is 0 Å². The lowest BCUT2D eigenvalue weighted by atomic mass is 9.89. The van der Waals surface area contributed by atoms with Gasteiger partial charge in [0.25, 0.3) is 0 Å². The fraction of sp³-hybridized carbons (Fsp3) is 0.923. The second-order valence-electron chi connectivity index (χ2n) is 6.16. The minimum Gasteiger partial charge on any atom is -0.343 e. The Balaban J connectivity index is 1.82. The summed E-state index contributed by atoms with van der Waals surface area (Å²) >= 11 is 0. The standard InChI is InChI=1S/C13H24N2O3S/c1-13(14-2)4-6-15(7-5-13)12(16)9-11-3-8-19(17,18)10-11/h11,14H,3-10H2,1-2H3. The van der Waals surface area contributed by atoms with Crippen LogP contribution in [0.25, 0.3) is 0 Å². The Kier molecular flexibility index (Phi) is 4.20. The number of nitrogens with one attached hydrogen (secondary N) is 1. The first-order valence-electron chi connectivity index (χ1n) is 7.01. The van der Waals surface area contributed by atoms with Crippen molar-refractivity contribution in [3.05, 3.63) is 0 Å². The Bertz CT molecular complexity index is 439. The van der Waals surface area contributed by atoms with Crippen molar-refractivity contribution in [2.75, 3.05) is 31.6 Å². The van der Waals surface area contributed by atoms with E-state index in [0.717, 1.165) is 25.9 Å². The van der Waals surface area contributed by atoms with Gasteiger partial charge in [-0.15, -0.1) is 0 Å². The third-order valence-corrected chi connectivity index (χ3v) is 6.45. The fourth-order valence-electron chi connectivity index (χ4n) is 2.91. The topological polar surface area (TPSA) is 66.5 Å². The highest BCUT2D eigenvalue weighted by Crippen LogP contribution is 2.25. The molecule has 5 nitrogen and oxygen atoms in total. The number of carbonyl (C=O) groups is 1. The predicted octanol–water partition coefficient (Wildman–Crippen LogP) is 0.412. The summed E-state index contributed by atoms with van der Waals surface area (Å²) in [4.78, 5) is 14.1. The van der Waals surface area contributed by atoms with E-state index in [2.05, 4.69) is 12.2 Å². The van der Waals surface area contributed by atoms with E-state index in [1.807, 2.05) is 11.9 Å². The zero-order valence-electron chi connectivity index (χ0n) is 11.8. The largest absolute Gasteiger partial charge is 0.343 e. The van der Waals surface area contributed by atoms with Gasteiger partial charge in [-0.05, 0) is 39.2 Å². The molecule has 6 heteroatoms. The smallest absolute Gasteiger partial charge is 0.222 e. The lowest BCUT2D eigenvalue weighted by molar-refractivity contribution is -0.133. The minimum absolute atomic E-state index is 0.0371. The Morgan fingerprint density at radius 2 is 2.00 bits per heavy atom. The highest BCUT2D eigenvalue weighted by atomic mass is 32.2. The molecule has 110 valence electrons. The molecule has 0 spiro atoms. The summed E-state index contributed by atoms with van der Waals surface area (Å²) in [6, 6.07) is 0. The van der Waals surface area contributed by atoms with Gasteiger partial charge in [0.15, 0.2) is 9.84 Å². The Morgan fingerprint density at radius 1 is 1.37 bits per heavy atom. The maximum absolute atomic E-state index is 12.2. The summed E-state index contributed by atoms with van der Waals surface area (Å²) in [7, 11) is -0.916. The molecular weight excluding hydrogens is 264 g/mol. The van der Waals surface area contributed by atoms with Gasteiger partial charge in [0.1, 0.15) is 0 Å². The molecule has 1 atom stereocenters. The van der Waals surface area contributed by atoms with Gasteiger partial charge in [0.2, 0.25) is 5.91 Å². The molecule has 1 unspecified atom stereocenters. The van der Waals surface area contributed by atoms with E-state index < -0.39 is 9.84 Å². The first kappa shape index (κ1) is 14.8. The van der Waals surface area contributed by atoms with Crippen LogP contribution in [0.15, 0.2) is 0 Å². The second kappa shape index (κ2) is 5.40. The van der Waals surface area contributed by atoms with E-state index in [-0.39, 0.29) is 28.9 Å². The molecule has 0 saturated carbocycles. The van der Waals surface area contributed by atoms with E-state index in [1.54, 1.807) is 0 Å². The molecule has 1 N–H and O–H groups in total. The van der Waals surface area contributed by atoms with Crippen molar-refractivity contribution >= 4 is 15.7 Å². The van der Waals surface area contributed by atoms with Crippen LogP contribution < -0.4 is 5.32 Å². The third-order valence-electron chi connectivity index (χ3n) is 4.61. The molecule has 0 radical (unpaired) electrons. The SMILES string of the molecule is CNC1(C)CCN(C(=O)CC2CCS(=O)(=O)C2)CC1. The van der Waals surface area contributed by atoms with Crippen molar-refractivity contribution in [2.45, 2.75) is 38.1 Å². The van der Waals surface area contributed by atoms with E-state index in [9.17, 15) is 13.2 Å². The summed E-state index contributed by atoms with van der Waals surface area (Å²) in [5.41, 5.74) is 0.132. The van der Waals surface area contributed by atoms with Crippen LogP contribution in [0.1, 0.15) is 32.6 Å². The number of nitrogens with zero attached hydrogens (tertiary/aromatic N) is 1. The van der Waals surface area contributed by atoms with Crippen LogP contribution in [-0.2, 0) is 14.6 Å². The molecule has 2 saturated heterocycles. The molecular formula is C13H24N2O3S. The molecule has 2 heterocycles. The monoisotopic (exact) mass is 288 g/mol. The first-order valence-corrected chi connectivity index (χ1v) is 8.83. The molecule has 2 aliphatic heterocycles. The second-order valence-corrected chi connectivity index (χ2v) is 8.39. The average Bonchev–Trinajstić information content (AvgIpc) is 2.69. The van der Waals surface area contributed by atoms with Crippen LogP contribution in [-0.4, -0.2) is 56.4 Å². The molecule has 19 heavy (non-hydrogen) atoms. The van der Waals surface area contributed by atoms with Crippen LogP contribution in [0.5, 0.6) is 0 Å². The summed E-state index contributed by atoms with van der Waals surface area (Å²) < 4.78 is 22.8. The molecule has 0 bridgehead atoms. The zero-order chi connectivity index (χ0) is 14.1. The normalized spacial score (nSPS) is 29.4. The molecule has 0 aromatic carbocycles. The lowest BCUT2D eigenvalue weighted by Crippen LogP contribution is -2.51. The van der Waals surface area contributed by atoms with Gasteiger partial charge in [-0.3, -0.25) is 4.79 Å². The van der Waals surface area contributed by atoms with E-state index in [4.69, 9.17) is 0 Å². The van der Waals surface area contributed by atoms with Crippen molar-refractivity contribution in [2.24, 2.45) is 5.92 Å².